The van der Waals surface area contributed by atoms with E-state index in [1.54, 1.807) is 18.0 Å². The van der Waals surface area contributed by atoms with Crippen LogP contribution in [0.25, 0.3) is 16.6 Å². The molecule has 3 aromatic heterocycles. The third-order valence-corrected chi connectivity index (χ3v) is 8.05. The van der Waals surface area contributed by atoms with Gasteiger partial charge in [-0.3, -0.25) is 0 Å². The molecule has 3 heterocycles. The first kappa shape index (κ1) is 33.5. The topological polar surface area (TPSA) is 154 Å². The van der Waals surface area contributed by atoms with Gasteiger partial charge in [-0.25, -0.2) is 14.6 Å². The molecule has 0 aliphatic heterocycles. The van der Waals surface area contributed by atoms with E-state index >= 15 is 0 Å². The lowest BCUT2D eigenvalue weighted by Gasteiger charge is -2.35. The molecule has 6 aromatic rings. The quantitative estimate of drug-likeness (QED) is 0.146. The molecule has 14 heteroatoms. The Morgan fingerprint density at radius 2 is 1.64 bits per heavy atom. The lowest BCUT2D eigenvalue weighted by atomic mass is 9.82. The zero-order valence-corrected chi connectivity index (χ0v) is 26.9. The van der Waals surface area contributed by atoms with Gasteiger partial charge in [0.2, 0.25) is 0 Å². The van der Waals surface area contributed by atoms with Crippen molar-refractivity contribution in [2.75, 3.05) is 20.3 Å². The molecule has 0 saturated heterocycles. The molecule has 0 saturated carbocycles. The summed E-state index contributed by atoms with van der Waals surface area (Å²) < 4.78 is 16.0. The number of carbonyl (C=O) groups is 2. The van der Waals surface area contributed by atoms with Crippen LogP contribution in [0.4, 0.5) is 0 Å². The molecule has 3 aromatic carbocycles. The first-order chi connectivity index (χ1) is 22.6. The SMILES string of the molecule is COCCOC(c1ccc(Cl)cc1)(c1ccc2c(c1)c(CCc1cccc(Cl)c1)cc1nnnn12)c1cncn1C.O=C(O)C(=O)O. The van der Waals surface area contributed by atoms with E-state index in [-0.39, 0.29) is 0 Å². The molecule has 6 rings (SSSR count). The van der Waals surface area contributed by atoms with Gasteiger partial charge in [0, 0.05) is 29.6 Å². The van der Waals surface area contributed by atoms with Gasteiger partial charge in [-0.05, 0) is 88.0 Å². The summed E-state index contributed by atoms with van der Waals surface area (Å²) in [6.45, 7) is 0.785. The second kappa shape index (κ2) is 14.7. The Bertz CT molecular complexity index is 2020. The maximum Gasteiger partial charge on any atom is 0.414 e. The summed E-state index contributed by atoms with van der Waals surface area (Å²) >= 11 is 12.6. The number of aliphatic carboxylic acids is 2. The summed E-state index contributed by atoms with van der Waals surface area (Å²) in [7, 11) is 3.63. The summed E-state index contributed by atoms with van der Waals surface area (Å²) in [5.41, 5.74) is 5.61. The van der Waals surface area contributed by atoms with Gasteiger partial charge in [-0.1, -0.05) is 53.5 Å². The fourth-order valence-electron chi connectivity index (χ4n) is 5.43. The third kappa shape index (κ3) is 7.26. The fourth-order valence-corrected chi connectivity index (χ4v) is 5.77. The molecule has 12 nitrogen and oxygen atoms in total. The van der Waals surface area contributed by atoms with E-state index in [0.717, 1.165) is 56.7 Å². The number of nitrogens with zero attached hydrogens (tertiary/aromatic N) is 6. The van der Waals surface area contributed by atoms with Crippen LogP contribution in [0, 0.1) is 0 Å². The van der Waals surface area contributed by atoms with E-state index in [1.807, 2.05) is 60.3 Å². The zero-order valence-electron chi connectivity index (χ0n) is 25.4. The van der Waals surface area contributed by atoms with Crippen LogP contribution in [0.2, 0.25) is 10.0 Å². The van der Waals surface area contributed by atoms with E-state index in [0.29, 0.717) is 23.9 Å². The highest BCUT2D eigenvalue weighted by Gasteiger charge is 2.40. The van der Waals surface area contributed by atoms with Crippen molar-refractivity contribution in [3.63, 3.8) is 0 Å². The van der Waals surface area contributed by atoms with Crippen molar-refractivity contribution in [2.24, 2.45) is 7.05 Å². The maximum atomic E-state index is 9.10. The minimum Gasteiger partial charge on any atom is -0.473 e. The number of pyridine rings is 1. The van der Waals surface area contributed by atoms with Crippen LogP contribution < -0.4 is 0 Å². The number of carboxylic acids is 2. The number of hydrogen-bond acceptors (Lipinski definition) is 8. The molecule has 0 aliphatic carbocycles. The second-order valence-corrected chi connectivity index (χ2v) is 11.4. The predicted octanol–water partition coefficient (Wildman–Crippen LogP) is 5.21. The van der Waals surface area contributed by atoms with Gasteiger partial charge in [0.1, 0.15) is 0 Å². The fraction of sp³-hybridized carbons (Fsp3) is 0.212. The number of tetrazole rings is 1. The van der Waals surface area contributed by atoms with E-state index in [2.05, 4.69) is 50.8 Å². The van der Waals surface area contributed by atoms with Gasteiger partial charge in [-0.15, -0.1) is 5.10 Å². The average molecular weight is 678 g/mol. The van der Waals surface area contributed by atoms with Crippen LogP contribution in [0.3, 0.4) is 0 Å². The molecule has 0 bridgehead atoms. The Morgan fingerprint density at radius 1 is 0.894 bits per heavy atom. The molecule has 1 unspecified atom stereocenters. The van der Waals surface area contributed by atoms with Crippen LogP contribution in [-0.2, 0) is 44.6 Å². The van der Waals surface area contributed by atoms with E-state index in [1.165, 1.54) is 0 Å². The molecule has 0 fully saturated rings. The zero-order chi connectivity index (χ0) is 33.6. The number of benzene rings is 3. The van der Waals surface area contributed by atoms with Crippen molar-refractivity contribution in [2.45, 2.75) is 18.4 Å². The van der Waals surface area contributed by atoms with Crippen LogP contribution >= 0.6 is 23.2 Å². The smallest absolute Gasteiger partial charge is 0.414 e. The lowest BCUT2D eigenvalue weighted by Crippen LogP contribution is -2.36. The highest BCUT2D eigenvalue weighted by molar-refractivity contribution is 6.30. The first-order valence-electron chi connectivity index (χ1n) is 14.3. The highest BCUT2D eigenvalue weighted by atomic mass is 35.5. The molecule has 0 radical (unpaired) electrons. The third-order valence-electron chi connectivity index (χ3n) is 7.56. The molecular weight excluding hydrogens is 647 g/mol. The normalized spacial score (nSPS) is 12.4. The number of imidazole rings is 1. The minimum atomic E-state index is -1.82. The number of ether oxygens (including phenoxy) is 2. The molecule has 0 aliphatic rings. The first-order valence-corrected chi connectivity index (χ1v) is 15.1. The van der Waals surface area contributed by atoms with Gasteiger partial charge in [0.05, 0.1) is 36.9 Å². The summed E-state index contributed by atoms with van der Waals surface area (Å²) in [4.78, 5) is 22.7. The van der Waals surface area contributed by atoms with Gasteiger partial charge in [0.15, 0.2) is 11.2 Å². The van der Waals surface area contributed by atoms with Gasteiger partial charge >= 0.3 is 11.9 Å². The van der Waals surface area contributed by atoms with Gasteiger partial charge in [0.25, 0.3) is 0 Å². The number of fused-ring (bicyclic) bond motifs is 3. The average Bonchev–Trinajstić information content (AvgIpc) is 3.72. The van der Waals surface area contributed by atoms with E-state index in [9.17, 15) is 0 Å². The number of aromatic nitrogens is 6. The monoisotopic (exact) mass is 676 g/mol. The molecule has 1 atom stereocenters. The van der Waals surface area contributed by atoms with E-state index < -0.39 is 17.5 Å². The molecule has 0 spiro atoms. The largest absolute Gasteiger partial charge is 0.473 e. The summed E-state index contributed by atoms with van der Waals surface area (Å²) in [5.74, 6) is -3.65. The van der Waals surface area contributed by atoms with Crippen molar-refractivity contribution in [3.8, 4) is 0 Å². The number of aryl methyl sites for hydroxylation is 3. The minimum absolute atomic E-state index is 0.357. The Labute approximate surface area is 279 Å². The Hall–Kier alpha value is -4.88. The van der Waals surface area contributed by atoms with Crippen molar-refractivity contribution < 1.29 is 29.3 Å². The number of hydrogen-bond donors (Lipinski definition) is 2. The molecule has 47 heavy (non-hydrogen) atoms. The molecule has 0 amide bonds. The standard InChI is InChI=1S/C31H28Cl2N6O2.C2H2O4/c1-38-20-34-19-29(38)31(41-15-14-40-2,23-8-11-25(32)12-9-23)24-10-13-28-27(18-24)22(17-30-35-36-37-39(28)30)7-6-21-4-3-5-26(33)16-21;3-1(4)2(5)6/h3-5,8-13,16-20H,6-7,14-15H2,1-2H3;(H,3,4)(H,5,6). The van der Waals surface area contributed by atoms with Crippen molar-refractivity contribution in [1.29, 1.82) is 0 Å². The van der Waals surface area contributed by atoms with Crippen LogP contribution in [0.5, 0.6) is 0 Å². The number of halogens is 2. The summed E-state index contributed by atoms with van der Waals surface area (Å²) in [5, 5.41) is 29.6. The summed E-state index contributed by atoms with van der Waals surface area (Å²) in [6.07, 6.45) is 5.21. The van der Waals surface area contributed by atoms with Crippen LogP contribution in [0.15, 0.2) is 85.3 Å². The molecular formula is C33H30Cl2N6O6. The van der Waals surface area contributed by atoms with Crippen LogP contribution in [0.1, 0.15) is 27.9 Å². The van der Waals surface area contributed by atoms with Crippen molar-refractivity contribution in [3.05, 3.63) is 123 Å². The number of rotatable bonds is 10. The van der Waals surface area contributed by atoms with Crippen molar-refractivity contribution in [1.82, 2.24) is 29.6 Å². The Balaban J connectivity index is 0.000000662. The lowest BCUT2D eigenvalue weighted by molar-refractivity contribution is -0.159. The summed E-state index contributed by atoms with van der Waals surface area (Å²) in [6, 6.07) is 24.1. The second-order valence-electron chi connectivity index (χ2n) is 10.5. The number of carboxylic acid groups (broad SMARTS) is 2. The van der Waals surface area contributed by atoms with Crippen molar-refractivity contribution >= 4 is 51.7 Å². The maximum absolute atomic E-state index is 9.10. The highest BCUT2D eigenvalue weighted by Crippen LogP contribution is 2.42. The molecule has 2 N–H and O–H groups in total. The predicted molar refractivity (Wildman–Crippen MR) is 175 cm³/mol. The Morgan fingerprint density at radius 3 is 2.30 bits per heavy atom. The Kier molecular flexibility index (Phi) is 10.5. The van der Waals surface area contributed by atoms with Crippen LogP contribution in [-0.4, -0.2) is 72.1 Å². The van der Waals surface area contributed by atoms with E-state index in [4.69, 9.17) is 52.5 Å². The molecule has 242 valence electrons. The van der Waals surface area contributed by atoms with Gasteiger partial charge < -0.3 is 24.3 Å². The van der Waals surface area contributed by atoms with Gasteiger partial charge in [-0.2, -0.15) is 4.52 Å². The number of methoxy groups -OCH3 is 1.